The summed E-state index contributed by atoms with van der Waals surface area (Å²) >= 11 is 5.84. The maximum Gasteiger partial charge on any atom is 0.309 e. The zero-order valence-corrected chi connectivity index (χ0v) is 16.3. The number of halogens is 1. The highest BCUT2D eigenvalue weighted by molar-refractivity contribution is 7.89. The number of carbonyl (C=O) groups is 2. The molecule has 7 nitrogen and oxygen atoms in total. The van der Waals surface area contributed by atoms with Gasteiger partial charge >= 0.3 is 11.8 Å². The van der Waals surface area contributed by atoms with Crippen molar-refractivity contribution in [2.45, 2.75) is 43.5 Å². The molecule has 0 radical (unpaired) electrons. The smallest absolute Gasteiger partial charge is 0.309 e. The number of amides is 2. The molecule has 0 saturated carbocycles. The Bertz CT molecular complexity index is 737. The molecular weight excluding hydrogens is 378 g/mol. The Kier molecular flexibility index (Phi) is 7.43. The van der Waals surface area contributed by atoms with Crippen molar-refractivity contribution in [2.24, 2.45) is 0 Å². The van der Waals surface area contributed by atoms with E-state index in [0.29, 0.717) is 24.5 Å². The maximum absolute atomic E-state index is 12.9. The normalized spacial score (nSPS) is 18.3. The van der Waals surface area contributed by atoms with Crippen LogP contribution in [0.2, 0.25) is 5.02 Å². The molecule has 9 heteroatoms. The van der Waals surface area contributed by atoms with Gasteiger partial charge in [-0.05, 0) is 50.5 Å². The molecule has 0 spiro atoms. The van der Waals surface area contributed by atoms with E-state index < -0.39 is 21.8 Å². The molecule has 26 heavy (non-hydrogen) atoms. The second-order valence-corrected chi connectivity index (χ2v) is 8.45. The lowest BCUT2D eigenvalue weighted by Gasteiger charge is -2.34. The van der Waals surface area contributed by atoms with Crippen molar-refractivity contribution in [1.82, 2.24) is 14.9 Å². The zero-order valence-electron chi connectivity index (χ0n) is 14.7. The predicted molar refractivity (Wildman–Crippen MR) is 99.3 cm³/mol. The highest BCUT2D eigenvalue weighted by atomic mass is 35.5. The Hall–Kier alpha value is -1.64. The molecule has 1 atom stereocenters. The summed E-state index contributed by atoms with van der Waals surface area (Å²) < 4.78 is 27.4. The highest BCUT2D eigenvalue weighted by Crippen LogP contribution is 2.27. The molecule has 0 unspecified atom stereocenters. The minimum atomic E-state index is -3.62. The first-order valence-electron chi connectivity index (χ1n) is 8.69. The summed E-state index contributed by atoms with van der Waals surface area (Å²) in [6, 6.07) is 5.90. The molecule has 2 amide bonds. The Morgan fingerprint density at radius 2 is 1.81 bits per heavy atom. The van der Waals surface area contributed by atoms with Gasteiger partial charge in [-0.1, -0.05) is 18.0 Å². The molecule has 0 aromatic heterocycles. The van der Waals surface area contributed by atoms with Gasteiger partial charge in [0, 0.05) is 30.7 Å². The first-order valence-corrected chi connectivity index (χ1v) is 10.5. The molecule has 1 heterocycles. The fourth-order valence-electron chi connectivity index (χ4n) is 2.99. The highest BCUT2D eigenvalue weighted by Gasteiger charge is 2.33. The van der Waals surface area contributed by atoms with Crippen LogP contribution < -0.4 is 10.6 Å². The van der Waals surface area contributed by atoms with Gasteiger partial charge in [0.15, 0.2) is 0 Å². The fourth-order valence-corrected chi connectivity index (χ4v) is 4.84. The third kappa shape index (κ3) is 5.18. The molecule has 2 N–H and O–H groups in total. The van der Waals surface area contributed by atoms with Crippen molar-refractivity contribution in [1.29, 1.82) is 0 Å². The molecule has 1 aromatic carbocycles. The van der Waals surface area contributed by atoms with Crippen LogP contribution in [0.1, 0.15) is 32.6 Å². The van der Waals surface area contributed by atoms with Crippen LogP contribution in [0.4, 0.5) is 0 Å². The largest absolute Gasteiger partial charge is 0.348 e. The summed E-state index contributed by atoms with van der Waals surface area (Å²) in [7, 11) is -3.62. The van der Waals surface area contributed by atoms with Gasteiger partial charge in [-0.3, -0.25) is 9.59 Å². The molecule has 0 aliphatic carbocycles. The fraction of sp³-hybridized carbons (Fsp3) is 0.529. The number of benzene rings is 1. The van der Waals surface area contributed by atoms with Gasteiger partial charge in [-0.15, -0.1) is 0 Å². The van der Waals surface area contributed by atoms with E-state index in [0.717, 1.165) is 19.3 Å². The average Bonchev–Trinajstić information content (AvgIpc) is 2.62. The Balaban J connectivity index is 2.02. The SMILES string of the molecule is CCNC(=O)C(=O)NCC[C@@H]1CCCCN1S(=O)(=O)c1ccc(Cl)cc1. The van der Waals surface area contributed by atoms with Gasteiger partial charge in [-0.2, -0.15) is 4.31 Å². The van der Waals surface area contributed by atoms with Crippen LogP contribution in [0.5, 0.6) is 0 Å². The van der Waals surface area contributed by atoms with Crippen molar-refractivity contribution in [3.8, 4) is 0 Å². The van der Waals surface area contributed by atoms with Gasteiger partial charge in [0.2, 0.25) is 10.0 Å². The molecule has 1 fully saturated rings. The Morgan fingerprint density at radius 1 is 1.15 bits per heavy atom. The number of likely N-dealkylation sites (N-methyl/N-ethyl adjacent to an activating group) is 1. The quantitative estimate of drug-likeness (QED) is 0.706. The van der Waals surface area contributed by atoms with E-state index in [1.54, 1.807) is 19.1 Å². The standard InChI is InChI=1S/C17H24ClN3O4S/c1-2-19-16(22)17(23)20-11-10-14-5-3-4-12-21(14)26(24,25)15-8-6-13(18)7-9-15/h6-9,14H,2-5,10-12H2,1H3,(H,19,22)(H,20,23)/t14-/m0/s1. The van der Waals surface area contributed by atoms with E-state index >= 15 is 0 Å². The minimum absolute atomic E-state index is 0.208. The molecule has 1 aliphatic rings. The minimum Gasteiger partial charge on any atom is -0.348 e. The molecule has 144 valence electrons. The van der Waals surface area contributed by atoms with Crippen molar-refractivity contribution in [2.75, 3.05) is 19.6 Å². The lowest BCUT2D eigenvalue weighted by molar-refractivity contribution is -0.139. The van der Waals surface area contributed by atoms with Gasteiger partial charge in [-0.25, -0.2) is 8.42 Å². The summed E-state index contributed by atoms with van der Waals surface area (Å²) in [5, 5.41) is 5.45. The summed E-state index contributed by atoms with van der Waals surface area (Å²) in [6.45, 7) is 2.79. The van der Waals surface area contributed by atoms with Crippen molar-refractivity contribution < 1.29 is 18.0 Å². The maximum atomic E-state index is 12.9. The number of nitrogens with one attached hydrogen (secondary N) is 2. The molecule has 2 rings (SSSR count). The topological polar surface area (TPSA) is 95.6 Å². The monoisotopic (exact) mass is 401 g/mol. The third-order valence-electron chi connectivity index (χ3n) is 4.30. The van der Waals surface area contributed by atoms with E-state index in [2.05, 4.69) is 10.6 Å². The Labute approximate surface area is 159 Å². The number of rotatable bonds is 6. The van der Waals surface area contributed by atoms with E-state index in [9.17, 15) is 18.0 Å². The van der Waals surface area contributed by atoms with Gasteiger partial charge < -0.3 is 10.6 Å². The lowest BCUT2D eigenvalue weighted by Crippen LogP contribution is -2.46. The van der Waals surface area contributed by atoms with Crippen LogP contribution in [-0.2, 0) is 19.6 Å². The molecule has 1 aliphatic heterocycles. The lowest BCUT2D eigenvalue weighted by atomic mass is 10.0. The van der Waals surface area contributed by atoms with Crippen LogP contribution in [-0.4, -0.2) is 50.2 Å². The Morgan fingerprint density at radius 3 is 2.46 bits per heavy atom. The first-order chi connectivity index (χ1) is 12.4. The number of carbonyl (C=O) groups excluding carboxylic acids is 2. The van der Waals surface area contributed by atoms with Crippen LogP contribution in [0.3, 0.4) is 0 Å². The number of nitrogens with zero attached hydrogens (tertiary/aromatic N) is 1. The zero-order chi connectivity index (χ0) is 19.2. The van der Waals surface area contributed by atoms with Crippen LogP contribution in [0.25, 0.3) is 0 Å². The molecule has 0 bridgehead atoms. The van der Waals surface area contributed by atoms with Crippen molar-refractivity contribution >= 4 is 33.4 Å². The van der Waals surface area contributed by atoms with Gasteiger partial charge in [0.25, 0.3) is 0 Å². The average molecular weight is 402 g/mol. The van der Waals surface area contributed by atoms with Crippen molar-refractivity contribution in [3.05, 3.63) is 29.3 Å². The summed E-state index contributed by atoms with van der Waals surface area (Å²) in [6.07, 6.45) is 2.91. The number of sulfonamides is 1. The predicted octanol–water partition coefficient (Wildman–Crippen LogP) is 1.53. The van der Waals surface area contributed by atoms with E-state index in [-0.39, 0.29) is 17.5 Å². The van der Waals surface area contributed by atoms with Gasteiger partial charge in [0.05, 0.1) is 4.90 Å². The third-order valence-corrected chi connectivity index (χ3v) is 6.52. The summed E-state index contributed by atoms with van der Waals surface area (Å²) in [4.78, 5) is 23.3. The van der Waals surface area contributed by atoms with Crippen LogP contribution >= 0.6 is 11.6 Å². The number of piperidine rings is 1. The first kappa shape index (κ1) is 20.7. The summed E-state index contributed by atoms with van der Waals surface area (Å²) in [5.74, 6) is -1.38. The van der Waals surface area contributed by atoms with Gasteiger partial charge in [0.1, 0.15) is 0 Å². The summed E-state index contributed by atoms with van der Waals surface area (Å²) in [5.41, 5.74) is 0. The van der Waals surface area contributed by atoms with E-state index in [4.69, 9.17) is 11.6 Å². The molecular formula is C17H24ClN3O4S. The van der Waals surface area contributed by atoms with Crippen LogP contribution in [0.15, 0.2) is 29.2 Å². The molecule has 1 saturated heterocycles. The molecule has 1 aromatic rings. The van der Waals surface area contributed by atoms with E-state index in [1.807, 2.05) is 0 Å². The second-order valence-electron chi connectivity index (χ2n) is 6.12. The van der Waals surface area contributed by atoms with Crippen molar-refractivity contribution in [3.63, 3.8) is 0 Å². The number of hydrogen-bond acceptors (Lipinski definition) is 4. The van der Waals surface area contributed by atoms with Crippen LogP contribution in [0, 0.1) is 0 Å². The second kappa shape index (κ2) is 9.34. The van der Waals surface area contributed by atoms with E-state index in [1.165, 1.54) is 16.4 Å². The number of hydrogen-bond donors (Lipinski definition) is 2.